The van der Waals surface area contributed by atoms with Crippen LogP contribution in [0.25, 0.3) is 11.2 Å². The van der Waals surface area contributed by atoms with Crippen molar-refractivity contribution in [3.05, 3.63) is 24.8 Å². The molecular weight excluding hydrogens is 1030 g/mol. The van der Waals surface area contributed by atoms with Crippen molar-refractivity contribution >= 4 is 69.1 Å². The Morgan fingerprint density at radius 2 is 1.63 bits per heavy atom. The van der Waals surface area contributed by atoms with Gasteiger partial charge in [0.15, 0.2) is 24.0 Å². The summed E-state index contributed by atoms with van der Waals surface area (Å²) in [5.41, 5.74) is 4.05. The molecule has 2 unspecified atom stereocenters. The highest BCUT2D eigenvalue weighted by Gasteiger charge is 2.47. The van der Waals surface area contributed by atoms with E-state index in [4.69, 9.17) is 19.9 Å². The molecule has 2 amide bonds. The predicted molar refractivity (Wildman–Crippen MR) is 241 cm³/mol. The zero-order valence-electron chi connectivity index (χ0n) is 39.2. The van der Waals surface area contributed by atoms with E-state index in [1.807, 2.05) is 6.08 Å². The summed E-state index contributed by atoms with van der Waals surface area (Å²) in [7, 11) is -17.7. The maximum Gasteiger partial charge on any atom is 0.274 e. The van der Waals surface area contributed by atoms with Crippen LogP contribution in [-0.2, 0) is 60.2 Å². The first-order valence-corrected chi connectivity index (χ1v) is 27.9. The lowest BCUT2D eigenvalue weighted by Crippen LogP contribution is -2.47. The molecule has 4 rings (SSSR count). The first-order valence-electron chi connectivity index (χ1n) is 22.6. The number of hydrogen-bond acceptors (Lipinski definition) is 26. The van der Waals surface area contributed by atoms with Crippen LogP contribution in [0.15, 0.2) is 24.8 Å². The highest BCUT2D eigenvalue weighted by atomic mass is 32.2. The number of rotatable bonds is 31. The molecule has 2 aromatic rings. The molecule has 2 aromatic heterocycles. The second kappa shape index (κ2) is 28.2. The van der Waals surface area contributed by atoms with Gasteiger partial charge in [-0.25, -0.2) is 19.3 Å². The van der Waals surface area contributed by atoms with Gasteiger partial charge in [-0.15, -0.1) is 0 Å². The van der Waals surface area contributed by atoms with E-state index in [0.29, 0.717) is 12.4 Å². The number of unbranched alkanes of at least 4 members (excludes halogenated alkanes) is 7. The molecule has 2 fully saturated rings. The lowest BCUT2D eigenvalue weighted by atomic mass is 9.87. The summed E-state index contributed by atoms with van der Waals surface area (Å²) in [6.45, 7) is 2.24. The number of nitrogen functional groups attached to an aromatic ring is 1. The van der Waals surface area contributed by atoms with E-state index in [1.54, 1.807) is 6.92 Å². The Bertz CT molecular complexity index is 2220. The Kier molecular flexibility index (Phi) is 24.1. The number of phosphoric ester groups is 3. The second-order valence-electron chi connectivity index (χ2n) is 17.3. The van der Waals surface area contributed by atoms with Crippen molar-refractivity contribution in [2.45, 2.75) is 140 Å². The molecule has 2 saturated heterocycles. The van der Waals surface area contributed by atoms with Gasteiger partial charge in [0.05, 0.1) is 39.6 Å². The quantitative estimate of drug-likeness (QED) is 0.0262. The molecule has 2 aliphatic rings. The third-order valence-electron chi connectivity index (χ3n) is 11.0. The summed E-state index contributed by atoms with van der Waals surface area (Å²) >= 11 is 1.02. The molecule has 0 aromatic carbocycles. The van der Waals surface area contributed by atoms with Crippen molar-refractivity contribution < 1.29 is 100 Å². The van der Waals surface area contributed by atoms with E-state index in [9.17, 15) is 68.1 Å². The number of allylic oxidation sites excluding steroid dienone is 1. The monoisotopic (exact) mass is 1090 g/mol. The van der Waals surface area contributed by atoms with Crippen molar-refractivity contribution in [3.8, 4) is 0 Å². The number of anilines is 1. The van der Waals surface area contributed by atoms with Gasteiger partial charge in [0.2, 0.25) is 16.9 Å². The van der Waals surface area contributed by atoms with Crippen LogP contribution in [0, 0.1) is 5.41 Å². The highest BCUT2D eigenvalue weighted by molar-refractivity contribution is 8.14. The number of hydrogen-bond donors (Lipinski definition) is 7. The normalized spacial score (nSPS) is 25.2. The molecule has 28 nitrogen and oxygen atoms in total. The molecule has 404 valence electrons. The van der Waals surface area contributed by atoms with Crippen molar-refractivity contribution in [2.75, 3.05) is 44.4 Å². The fourth-order valence-corrected chi connectivity index (χ4v) is 10.4. The van der Waals surface area contributed by atoms with Gasteiger partial charge in [0.25, 0.3) is 15.6 Å². The van der Waals surface area contributed by atoms with Crippen molar-refractivity contribution in [1.82, 2.24) is 30.2 Å². The Morgan fingerprint density at radius 1 is 0.958 bits per heavy atom. The Hall–Kier alpha value is -2.86. The molecule has 0 aliphatic carbocycles. The molecule has 11 atom stereocenters. The molecule has 2 aliphatic heterocycles. The van der Waals surface area contributed by atoms with E-state index in [1.165, 1.54) is 19.9 Å². The van der Waals surface area contributed by atoms with Gasteiger partial charge in [0, 0.05) is 43.7 Å². The standard InChI is InChI=1S/C39H66N7O21P3S/c1-24-25(47)19-26(48)38(64-24)61-17-12-10-8-6-4-5-7-9-11-13-29(50)71-18-16-41-28(49)14-15-42-36(53)33(52)39(2,3)21-63-70(59,60)67-69(57,58)62-20-27-32(66-68(54,55)56)31(51)37(65-27)46-23-45-30-34(40)43-22-44-35(30)46/h11,13,22-27,31-33,37-38,47-48,51-52H,4-10,12,14-21H2,1-3H3,(H,41,49)(H,42,53)(H,57,58)(H,59,60)(H2,40,43,44)(H2,54,55,56)/p-4/b13-11+/t24-,25+,26+,27+,31+,32+,33-,37+,38+/m0/s1. The van der Waals surface area contributed by atoms with Gasteiger partial charge in [-0.2, -0.15) is 0 Å². The zero-order chi connectivity index (χ0) is 52.6. The van der Waals surface area contributed by atoms with Crippen LogP contribution in [-0.4, -0.2) is 145 Å². The molecule has 0 bridgehead atoms. The van der Waals surface area contributed by atoms with E-state index >= 15 is 0 Å². The van der Waals surface area contributed by atoms with Gasteiger partial charge in [0.1, 0.15) is 42.4 Å². The Morgan fingerprint density at radius 3 is 2.34 bits per heavy atom. The summed E-state index contributed by atoms with van der Waals surface area (Å²) in [6, 6.07) is 0. The van der Waals surface area contributed by atoms with E-state index < -0.39 is 103 Å². The third kappa shape index (κ3) is 20.4. The highest BCUT2D eigenvalue weighted by Crippen LogP contribution is 2.56. The summed E-state index contributed by atoms with van der Waals surface area (Å²) in [6.07, 6.45) is 1.00. The van der Waals surface area contributed by atoms with Crippen LogP contribution in [0.2, 0.25) is 0 Å². The predicted octanol–water partition coefficient (Wildman–Crippen LogP) is -1.31. The molecule has 0 spiro atoms. The molecule has 0 radical (unpaired) electrons. The number of thioether (sulfide) groups is 1. The summed E-state index contributed by atoms with van der Waals surface area (Å²) in [5.74, 6) is -1.29. The summed E-state index contributed by atoms with van der Waals surface area (Å²) < 4.78 is 71.9. The first kappa shape index (κ1) is 60.7. The number of fused-ring (bicyclic) bond motifs is 1. The minimum absolute atomic E-state index is 0.0271. The van der Waals surface area contributed by atoms with Gasteiger partial charge in [-0.3, -0.25) is 28.1 Å². The topological polar surface area (TPSA) is 434 Å². The van der Waals surface area contributed by atoms with Gasteiger partial charge >= 0.3 is 0 Å². The fourth-order valence-electron chi connectivity index (χ4n) is 7.03. The summed E-state index contributed by atoms with van der Waals surface area (Å²) in [4.78, 5) is 96.8. The van der Waals surface area contributed by atoms with Crippen LogP contribution < -0.4 is 35.9 Å². The second-order valence-corrected chi connectivity index (χ2v) is 22.4. The van der Waals surface area contributed by atoms with E-state index in [2.05, 4.69) is 43.5 Å². The molecule has 4 heterocycles. The number of carbonyl (C=O) groups excluding carboxylic acids is 3. The molecule has 71 heavy (non-hydrogen) atoms. The number of aromatic nitrogens is 4. The average molecular weight is 1090 g/mol. The van der Waals surface area contributed by atoms with Crippen LogP contribution in [0.3, 0.4) is 0 Å². The van der Waals surface area contributed by atoms with Crippen molar-refractivity contribution in [3.63, 3.8) is 0 Å². The van der Waals surface area contributed by atoms with Crippen LogP contribution >= 0.6 is 35.2 Å². The smallest absolute Gasteiger partial charge is 0.274 e. The number of phosphoric acid groups is 3. The number of imidazole rings is 1. The maximum atomic E-state index is 12.6. The lowest BCUT2D eigenvalue weighted by molar-refractivity contribution is -0.347. The molecule has 0 saturated carbocycles. The van der Waals surface area contributed by atoms with Crippen LogP contribution in [0.5, 0.6) is 0 Å². The molecule has 32 heteroatoms. The Balaban J connectivity index is 1.05. The number of nitrogens with zero attached hydrogens (tertiary/aromatic N) is 4. The number of nitrogens with one attached hydrogen (secondary N) is 2. The lowest BCUT2D eigenvalue weighted by Gasteiger charge is -2.36. The van der Waals surface area contributed by atoms with Gasteiger partial charge in [-0.05, 0) is 32.3 Å². The third-order valence-corrected chi connectivity index (χ3v) is 14.8. The minimum atomic E-state index is -5.94. The number of aliphatic hydroxyl groups excluding tert-OH is 4. The maximum absolute atomic E-state index is 12.6. The number of carbonyl (C=O) groups is 3. The summed E-state index contributed by atoms with van der Waals surface area (Å²) in [5, 5.41) is 45.9. The van der Waals surface area contributed by atoms with E-state index in [-0.39, 0.29) is 54.1 Å². The Labute approximate surface area is 413 Å². The molecular formula is C39H62N7O21P3S-4. The number of ether oxygens (including phenoxy) is 3. The fraction of sp³-hybridized carbons (Fsp3) is 0.744. The van der Waals surface area contributed by atoms with Crippen molar-refractivity contribution in [2.24, 2.45) is 5.41 Å². The van der Waals surface area contributed by atoms with Crippen LogP contribution in [0.1, 0.15) is 91.2 Å². The average Bonchev–Trinajstić information content (AvgIpc) is 3.85. The number of amides is 2. The first-order chi connectivity index (χ1) is 33.3. The largest absolute Gasteiger partial charge is 0.790 e. The zero-order valence-corrected chi connectivity index (χ0v) is 42.7. The number of aliphatic hydroxyl groups is 4. The van der Waals surface area contributed by atoms with E-state index in [0.717, 1.165) is 80.4 Å². The van der Waals surface area contributed by atoms with Crippen LogP contribution in [0.4, 0.5) is 5.82 Å². The van der Waals surface area contributed by atoms with Gasteiger partial charge in [-0.1, -0.05) is 63.8 Å². The molecule has 8 N–H and O–H groups in total. The minimum Gasteiger partial charge on any atom is -0.790 e. The van der Waals surface area contributed by atoms with Gasteiger partial charge < -0.3 is 88.7 Å². The number of nitrogens with two attached hydrogens (primary N) is 1. The SMILES string of the molecule is C[C@@H]1O[C@@H](OCCCCCCCCC/C=C/C(=O)SCCNC(=O)CCNC(=O)[C@H](O)C(C)(C)COP(=O)([O-])OP(=O)([O-])OC[C@H]2O[C@@H](n3cnc4c(N)ncnc43)[C@H](O)[C@@H]2OP(=O)([O-])[O-])[C@H](O)C[C@H]1O. The van der Waals surface area contributed by atoms with Crippen molar-refractivity contribution in [1.29, 1.82) is 0 Å².